The maximum Gasteiger partial charge on any atom is 0.469 e. The van der Waals surface area contributed by atoms with E-state index in [0.717, 1.165) is 0 Å². The topological polar surface area (TPSA) is 168 Å². The first-order valence-electron chi connectivity index (χ1n) is 5.64. The molecule has 0 saturated heterocycles. The largest absolute Gasteiger partial charge is 0.469 e. The van der Waals surface area contributed by atoms with E-state index in [1.807, 2.05) is 0 Å². The summed E-state index contributed by atoms with van der Waals surface area (Å²) in [4.78, 5) is 39.8. The summed E-state index contributed by atoms with van der Waals surface area (Å²) in [5, 5.41) is 11.2. The lowest BCUT2D eigenvalue weighted by molar-refractivity contribution is -0.156. The van der Waals surface area contributed by atoms with Gasteiger partial charge in [0.25, 0.3) is 0 Å². The lowest BCUT2D eigenvalue weighted by atomic mass is 10.3. The van der Waals surface area contributed by atoms with Gasteiger partial charge >= 0.3 is 13.8 Å². The lowest BCUT2D eigenvalue weighted by Crippen LogP contribution is -2.47. The molecule has 10 nitrogen and oxygen atoms in total. The van der Waals surface area contributed by atoms with Crippen LogP contribution in [0.3, 0.4) is 0 Å². The Bertz CT molecular complexity index is 382. The van der Waals surface area contributed by atoms with Gasteiger partial charge in [0.15, 0.2) is 0 Å². The Morgan fingerprint density at radius 2 is 1.90 bits per heavy atom. The standard InChI is InChI=1S/C9H19N2O8P/c1-5(10)8(13)11-6(2)9(14)19-7(3-12)4-18-20(15,16)17/h5-7,12H,3-4,10H2,1-2H3,(H,11,13)(H2,15,16,17)/t5-,6-,7+/m1/s1. The number of rotatable bonds is 8. The summed E-state index contributed by atoms with van der Waals surface area (Å²) >= 11 is 0. The van der Waals surface area contributed by atoms with Gasteiger partial charge in [-0.25, -0.2) is 9.36 Å². The molecule has 3 atom stereocenters. The fourth-order valence-corrected chi connectivity index (χ4v) is 1.33. The second-order valence-electron chi connectivity index (χ2n) is 4.05. The van der Waals surface area contributed by atoms with Gasteiger partial charge in [0, 0.05) is 0 Å². The highest BCUT2D eigenvalue weighted by atomic mass is 31.2. The van der Waals surface area contributed by atoms with Crippen LogP contribution in [0.15, 0.2) is 0 Å². The molecule has 0 rings (SSSR count). The molecule has 0 bridgehead atoms. The van der Waals surface area contributed by atoms with Crippen LogP contribution in [0.4, 0.5) is 0 Å². The van der Waals surface area contributed by atoms with Gasteiger partial charge in [0.05, 0.1) is 19.3 Å². The number of esters is 1. The number of carbonyl (C=O) groups excluding carboxylic acids is 2. The number of aliphatic hydroxyl groups excluding tert-OH is 1. The van der Waals surface area contributed by atoms with E-state index >= 15 is 0 Å². The van der Waals surface area contributed by atoms with Gasteiger partial charge in [0.2, 0.25) is 5.91 Å². The van der Waals surface area contributed by atoms with Crippen molar-refractivity contribution >= 4 is 19.7 Å². The summed E-state index contributed by atoms with van der Waals surface area (Å²) in [6.45, 7) is 1.39. The number of phosphoric acid groups is 1. The molecule has 0 aromatic carbocycles. The molecule has 20 heavy (non-hydrogen) atoms. The number of hydrogen-bond acceptors (Lipinski definition) is 7. The zero-order valence-electron chi connectivity index (χ0n) is 11.1. The summed E-state index contributed by atoms with van der Waals surface area (Å²) in [6.07, 6.45) is -1.26. The van der Waals surface area contributed by atoms with E-state index in [4.69, 9.17) is 25.4 Å². The molecule has 0 saturated carbocycles. The molecule has 0 aromatic heterocycles. The molecule has 6 N–H and O–H groups in total. The van der Waals surface area contributed by atoms with Crippen molar-refractivity contribution < 1.29 is 38.3 Å². The highest BCUT2D eigenvalue weighted by Crippen LogP contribution is 2.35. The first kappa shape index (κ1) is 19.0. The Kier molecular flexibility index (Phi) is 7.87. The predicted molar refractivity (Wildman–Crippen MR) is 66.2 cm³/mol. The molecule has 0 aliphatic heterocycles. The van der Waals surface area contributed by atoms with Gasteiger partial charge in [-0.15, -0.1) is 0 Å². The Balaban J connectivity index is 4.33. The minimum absolute atomic E-state index is 0.568. The summed E-state index contributed by atoms with van der Waals surface area (Å²) < 4.78 is 19.3. The van der Waals surface area contributed by atoms with Gasteiger partial charge in [0.1, 0.15) is 12.1 Å². The fourth-order valence-electron chi connectivity index (χ4n) is 0.974. The molecule has 0 spiro atoms. The predicted octanol–water partition coefficient (Wildman–Crippen LogP) is -2.15. The Morgan fingerprint density at radius 1 is 1.35 bits per heavy atom. The van der Waals surface area contributed by atoms with E-state index in [9.17, 15) is 14.2 Å². The number of aliphatic hydroxyl groups is 1. The molecular weight excluding hydrogens is 295 g/mol. The van der Waals surface area contributed by atoms with Crippen molar-refractivity contribution in [1.82, 2.24) is 5.32 Å². The third-order valence-electron chi connectivity index (χ3n) is 2.04. The third-order valence-corrected chi connectivity index (χ3v) is 2.53. The monoisotopic (exact) mass is 314 g/mol. The first-order valence-corrected chi connectivity index (χ1v) is 7.17. The van der Waals surface area contributed by atoms with Crippen LogP contribution in [-0.4, -0.2) is 58.2 Å². The van der Waals surface area contributed by atoms with E-state index in [1.165, 1.54) is 13.8 Å². The van der Waals surface area contributed by atoms with Crippen molar-refractivity contribution in [2.24, 2.45) is 5.73 Å². The van der Waals surface area contributed by atoms with Gasteiger partial charge in [-0.2, -0.15) is 0 Å². The van der Waals surface area contributed by atoms with E-state index < -0.39 is 51.1 Å². The molecule has 0 aliphatic rings. The molecular formula is C9H19N2O8P. The van der Waals surface area contributed by atoms with Gasteiger partial charge in [-0.3, -0.25) is 9.32 Å². The highest BCUT2D eigenvalue weighted by molar-refractivity contribution is 7.46. The summed E-state index contributed by atoms with van der Waals surface area (Å²) in [5.74, 6) is -1.46. The minimum atomic E-state index is -4.72. The summed E-state index contributed by atoms with van der Waals surface area (Å²) in [7, 11) is -4.72. The van der Waals surface area contributed by atoms with E-state index in [2.05, 4.69) is 9.84 Å². The van der Waals surface area contributed by atoms with Crippen LogP contribution in [0.1, 0.15) is 13.8 Å². The molecule has 1 amide bonds. The van der Waals surface area contributed by atoms with Crippen molar-refractivity contribution in [3.05, 3.63) is 0 Å². The van der Waals surface area contributed by atoms with E-state index in [-0.39, 0.29) is 0 Å². The number of nitrogens with one attached hydrogen (secondary N) is 1. The number of amides is 1. The first-order chi connectivity index (χ1) is 9.06. The van der Waals surface area contributed by atoms with Crippen LogP contribution in [-0.2, 0) is 23.4 Å². The van der Waals surface area contributed by atoms with Crippen LogP contribution < -0.4 is 11.1 Å². The second kappa shape index (κ2) is 8.30. The maximum absolute atomic E-state index is 11.6. The SMILES string of the molecule is C[C@@H](N)C(=O)N[C@H](C)C(=O)O[C@@H](CO)COP(=O)(O)O. The maximum atomic E-state index is 11.6. The third kappa shape index (κ3) is 8.20. The fraction of sp³-hybridized carbons (Fsp3) is 0.778. The van der Waals surface area contributed by atoms with Crippen LogP contribution in [0.25, 0.3) is 0 Å². The van der Waals surface area contributed by atoms with Crippen molar-refractivity contribution in [1.29, 1.82) is 0 Å². The number of carbonyl (C=O) groups is 2. The number of ether oxygens (including phenoxy) is 1. The molecule has 0 radical (unpaired) electrons. The second-order valence-corrected chi connectivity index (χ2v) is 5.29. The van der Waals surface area contributed by atoms with Gasteiger partial charge in [-0.1, -0.05) is 0 Å². The summed E-state index contributed by atoms with van der Waals surface area (Å²) in [6, 6.07) is -1.84. The minimum Gasteiger partial charge on any atom is -0.456 e. The average molecular weight is 314 g/mol. The molecule has 0 fully saturated rings. The Hall–Kier alpha value is -1.03. The van der Waals surface area contributed by atoms with Crippen LogP contribution in [0.2, 0.25) is 0 Å². The molecule has 11 heteroatoms. The number of phosphoric ester groups is 1. The normalized spacial score (nSPS) is 16.1. The molecule has 0 aliphatic carbocycles. The Morgan fingerprint density at radius 3 is 2.30 bits per heavy atom. The smallest absolute Gasteiger partial charge is 0.456 e. The zero-order valence-corrected chi connectivity index (χ0v) is 11.9. The van der Waals surface area contributed by atoms with Crippen molar-refractivity contribution in [3.8, 4) is 0 Å². The van der Waals surface area contributed by atoms with Crippen LogP contribution >= 0.6 is 7.82 Å². The van der Waals surface area contributed by atoms with Gasteiger partial charge < -0.3 is 30.7 Å². The molecule has 118 valence electrons. The quantitative estimate of drug-likeness (QED) is 0.248. The van der Waals surface area contributed by atoms with Crippen molar-refractivity contribution in [2.75, 3.05) is 13.2 Å². The average Bonchev–Trinajstić information content (AvgIpc) is 2.32. The van der Waals surface area contributed by atoms with Crippen molar-refractivity contribution in [3.63, 3.8) is 0 Å². The number of nitrogens with two attached hydrogens (primary N) is 1. The van der Waals surface area contributed by atoms with Crippen LogP contribution in [0.5, 0.6) is 0 Å². The number of hydrogen-bond donors (Lipinski definition) is 5. The molecule has 0 aromatic rings. The molecule has 0 unspecified atom stereocenters. The Labute approximate surface area is 115 Å². The van der Waals surface area contributed by atoms with Crippen molar-refractivity contribution in [2.45, 2.75) is 32.0 Å². The van der Waals surface area contributed by atoms with Gasteiger partial charge in [-0.05, 0) is 13.8 Å². The van der Waals surface area contributed by atoms with E-state index in [1.54, 1.807) is 0 Å². The zero-order chi connectivity index (χ0) is 15.9. The van der Waals surface area contributed by atoms with E-state index in [0.29, 0.717) is 0 Å². The van der Waals surface area contributed by atoms with Crippen LogP contribution in [0, 0.1) is 0 Å². The lowest BCUT2D eigenvalue weighted by Gasteiger charge is -2.19. The molecule has 0 heterocycles. The highest BCUT2D eigenvalue weighted by Gasteiger charge is 2.24. The summed E-state index contributed by atoms with van der Waals surface area (Å²) in [5.41, 5.74) is 5.30.